The Morgan fingerprint density at radius 1 is 1.22 bits per heavy atom. The molecule has 23 heavy (non-hydrogen) atoms. The fraction of sp³-hybridized carbons (Fsp3) is 0.526. The van der Waals surface area contributed by atoms with Crippen LogP contribution >= 0.6 is 11.8 Å². The summed E-state index contributed by atoms with van der Waals surface area (Å²) < 4.78 is 11.5. The lowest BCUT2D eigenvalue weighted by Gasteiger charge is -2.21. The van der Waals surface area contributed by atoms with Gasteiger partial charge in [0.15, 0.2) is 11.5 Å². The van der Waals surface area contributed by atoms with E-state index < -0.39 is 0 Å². The van der Waals surface area contributed by atoms with Crippen molar-refractivity contribution in [1.82, 2.24) is 0 Å². The molecule has 3 nitrogen and oxygen atoms in total. The standard InChI is InChI=1S/C19H25NO2S/c1-21-18-8-7-16(11-17-13-20-14-23-17)12-19(18)22-10-9-15-5-3-2-4-6-15/h7-8,11-13,15H,2-6,9-10,14H2,1H3. The first-order valence-corrected chi connectivity index (χ1v) is 9.49. The minimum atomic E-state index is 0.775. The van der Waals surface area contributed by atoms with E-state index in [1.54, 1.807) is 18.9 Å². The summed E-state index contributed by atoms with van der Waals surface area (Å²) in [4.78, 5) is 5.43. The minimum Gasteiger partial charge on any atom is -0.493 e. The van der Waals surface area contributed by atoms with Crippen LogP contribution in [0.15, 0.2) is 28.1 Å². The van der Waals surface area contributed by atoms with Gasteiger partial charge >= 0.3 is 0 Å². The van der Waals surface area contributed by atoms with Gasteiger partial charge in [0.2, 0.25) is 0 Å². The number of methoxy groups -OCH3 is 1. The Morgan fingerprint density at radius 3 is 2.83 bits per heavy atom. The van der Waals surface area contributed by atoms with E-state index in [2.05, 4.69) is 23.2 Å². The third-order valence-electron chi connectivity index (χ3n) is 4.53. The summed E-state index contributed by atoms with van der Waals surface area (Å²) in [7, 11) is 1.70. The van der Waals surface area contributed by atoms with Crippen molar-refractivity contribution >= 4 is 24.1 Å². The van der Waals surface area contributed by atoms with Crippen molar-refractivity contribution in [2.24, 2.45) is 10.9 Å². The van der Waals surface area contributed by atoms with E-state index >= 15 is 0 Å². The lowest BCUT2D eigenvalue weighted by Crippen LogP contribution is -2.11. The highest BCUT2D eigenvalue weighted by Gasteiger charge is 2.14. The van der Waals surface area contributed by atoms with Crippen molar-refractivity contribution in [3.05, 3.63) is 28.7 Å². The Hall–Kier alpha value is -1.42. The van der Waals surface area contributed by atoms with Crippen LogP contribution in [0.1, 0.15) is 44.1 Å². The molecule has 0 N–H and O–H groups in total. The first-order chi connectivity index (χ1) is 11.3. The molecule has 2 aliphatic rings. The Balaban J connectivity index is 1.61. The van der Waals surface area contributed by atoms with Crippen LogP contribution in [-0.2, 0) is 0 Å². The molecule has 0 unspecified atom stereocenters. The zero-order chi connectivity index (χ0) is 15.9. The van der Waals surface area contributed by atoms with Crippen molar-refractivity contribution in [2.45, 2.75) is 38.5 Å². The highest BCUT2D eigenvalue weighted by Crippen LogP contribution is 2.32. The van der Waals surface area contributed by atoms with Gasteiger partial charge in [0.1, 0.15) is 0 Å². The largest absolute Gasteiger partial charge is 0.493 e. The smallest absolute Gasteiger partial charge is 0.161 e. The Morgan fingerprint density at radius 2 is 2.09 bits per heavy atom. The molecule has 1 aliphatic heterocycles. The lowest BCUT2D eigenvalue weighted by atomic mass is 9.87. The van der Waals surface area contributed by atoms with Crippen molar-refractivity contribution in [3.63, 3.8) is 0 Å². The molecule has 1 aromatic carbocycles. The van der Waals surface area contributed by atoms with Gasteiger partial charge in [0.25, 0.3) is 0 Å². The zero-order valence-electron chi connectivity index (χ0n) is 13.8. The van der Waals surface area contributed by atoms with Gasteiger partial charge < -0.3 is 9.47 Å². The molecule has 1 fully saturated rings. The number of hydrogen-bond acceptors (Lipinski definition) is 4. The first kappa shape index (κ1) is 16.4. The molecule has 0 amide bonds. The SMILES string of the molecule is COc1ccc(C=C2C=NCS2)cc1OCCC1CCCCC1. The summed E-state index contributed by atoms with van der Waals surface area (Å²) in [5, 5.41) is 0. The van der Waals surface area contributed by atoms with E-state index in [0.29, 0.717) is 0 Å². The van der Waals surface area contributed by atoms with Crippen molar-refractivity contribution < 1.29 is 9.47 Å². The maximum Gasteiger partial charge on any atom is 0.161 e. The van der Waals surface area contributed by atoms with Gasteiger partial charge in [-0.2, -0.15) is 0 Å². The van der Waals surface area contributed by atoms with Gasteiger partial charge in [-0.15, -0.1) is 11.8 Å². The number of nitrogens with zero attached hydrogens (tertiary/aromatic N) is 1. The van der Waals surface area contributed by atoms with E-state index in [1.165, 1.54) is 37.0 Å². The van der Waals surface area contributed by atoms with Gasteiger partial charge in [0, 0.05) is 11.1 Å². The summed E-state index contributed by atoms with van der Waals surface area (Å²) in [6, 6.07) is 6.12. The second-order valence-corrected chi connectivity index (χ2v) is 7.20. The van der Waals surface area contributed by atoms with Gasteiger partial charge in [0.05, 0.1) is 19.6 Å². The normalized spacial score (nSPS) is 20.1. The van der Waals surface area contributed by atoms with Crippen molar-refractivity contribution in [1.29, 1.82) is 0 Å². The molecule has 0 bridgehead atoms. The van der Waals surface area contributed by atoms with Crippen LogP contribution in [0.3, 0.4) is 0 Å². The molecule has 4 heteroatoms. The molecule has 1 aliphatic carbocycles. The van der Waals surface area contributed by atoms with Crippen LogP contribution in [-0.4, -0.2) is 25.8 Å². The fourth-order valence-electron chi connectivity index (χ4n) is 3.23. The Labute approximate surface area is 143 Å². The summed E-state index contributed by atoms with van der Waals surface area (Å²) in [6.07, 6.45) is 12.1. The molecular weight excluding hydrogens is 306 g/mol. The van der Waals surface area contributed by atoms with Gasteiger partial charge in [-0.25, -0.2) is 0 Å². The summed E-state index contributed by atoms with van der Waals surface area (Å²) in [6.45, 7) is 0.775. The second kappa shape index (κ2) is 8.44. The average molecular weight is 331 g/mol. The monoisotopic (exact) mass is 331 g/mol. The maximum atomic E-state index is 6.04. The van der Waals surface area contributed by atoms with Gasteiger partial charge in [-0.1, -0.05) is 38.2 Å². The number of allylic oxidation sites excluding steroid dienone is 1. The third kappa shape index (κ3) is 4.77. The molecule has 3 rings (SSSR count). The predicted molar refractivity (Wildman–Crippen MR) is 98.6 cm³/mol. The number of ether oxygens (including phenoxy) is 2. The number of rotatable bonds is 6. The molecule has 0 saturated heterocycles. The van der Waals surface area contributed by atoms with Crippen LogP contribution in [0.4, 0.5) is 0 Å². The highest BCUT2D eigenvalue weighted by atomic mass is 32.2. The van der Waals surface area contributed by atoms with Crippen molar-refractivity contribution in [2.75, 3.05) is 19.6 Å². The summed E-state index contributed by atoms with van der Waals surface area (Å²) in [5.74, 6) is 3.32. The molecule has 1 aromatic rings. The van der Waals surface area contributed by atoms with Crippen LogP contribution in [0.2, 0.25) is 0 Å². The number of benzene rings is 1. The van der Waals surface area contributed by atoms with E-state index in [1.807, 2.05) is 12.3 Å². The average Bonchev–Trinajstić information content (AvgIpc) is 3.09. The minimum absolute atomic E-state index is 0.775. The molecule has 0 aromatic heterocycles. The van der Waals surface area contributed by atoms with Gasteiger partial charge in [-0.05, 0) is 36.1 Å². The van der Waals surface area contributed by atoms with E-state index in [0.717, 1.165) is 41.9 Å². The number of aliphatic imine (C=N–C) groups is 1. The Bertz CT molecular complexity index is 577. The zero-order valence-corrected chi connectivity index (χ0v) is 14.6. The third-order valence-corrected chi connectivity index (χ3v) is 5.36. The van der Waals surface area contributed by atoms with Crippen LogP contribution < -0.4 is 9.47 Å². The molecule has 1 heterocycles. The molecule has 124 valence electrons. The molecule has 0 spiro atoms. The predicted octanol–water partition coefficient (Wildman–Crippen LogP) is 5.16. The molecular formula is C19H25NO2S. The van der Waals surface area contributed by atoms with E-state index in [-0.39, 0.29) is 0 Å². The molecule has 1 saturated carbocycles. The van der Waals surface area contributed by atoms with Crippen LogP contribution in [0.5, 0.6) is 11.5 Å². The van der Waals surface area contributed by atoms with Crippen LogP contribution in [0.25, 0.3) is 6.08 Å². The second-order valence-electron chi connectivity index (χ2n) is 6.18. The molecule has 0 radical (unpaired) electrons. The van der Waals surface area contributed by atoms with Crippen molar-refractivity contribution in [3.8, 4) is 11.5 Å². The van der Waals surface area contributed by atoms with E-state index in [9.17, 15) is 0 Å². The number of thioether (sulfide) groups is 1. The topological polar surface area (TPSA) is 30.8 Å². The fourth-order valence-corrected chi connectivity index (χ4v) is 3.89. The quantitative estimate of drug-likeness (QED) is 0.721. The maximum absolute atomic E-state index is 6.04. The van der Waals surface area contributed by atoms with E-state index in [4.69, 9.17) is 9.47 Å². The summed E-state index contributed by atoms with van der Waals surface area (Å²) in [5.41, 5.74) is 1.13. The Kier molecular flexibility index (Phi) is 6.03. The highest BCUT2D eigenvalue weighted by molar-refractivity contribution is 8.04. The summed E-state index contributed by atoms with van der Waals surface area (Å²) >= 11 is 1.76. The molecule has 0 atom stereocenters. The first-order valence-electron chi connectivity index (χ1n) is 8.50. The van der Waals surface area contributed by atoms with Crippen LogP contribution in [0, 0.1) is 5.92 Å². The van der Waals surface area contributed by atoms with Gasteiger partial charge in [-0.3, -0.25) is 4.99 Å². The number of hydrogen-bond donors (Lipinski definition) is 0. The lowest BCUT2D eigenvalue weighted by molar-refractivity contribution is 0.238.